The van der Waals surface area contributed by atoms with Crippen LogP contribution in [0, 0.1) is 0 Å². The Labute approximate surface area is 183 Å². The Bertz CT molecular complexity index is 1060. The highest BCUT2D eigenvalue weighted by atomic mass is 31.0. The molecule has 30 heavy (non-hydrogen) atoms. The molecular formula is C28H26P2. The molecule has 0 unspecified atom stereocenters. The Morgan fingerprint density at radius 1 is 0.500 bits per heavy atom. The van der Waals surface area contributed by atoms with Crippen molar-refractivity contribution < 1.29 is 0 Å². The van der Waals surface area contributed by atoms with Crippen LogP contribution >= 0.6 is 16.4 Å². The van der Waals surface area contributed by atoms with Gasteiger partial charge < -0.3 is 0 Å². The highest BCUT2D eigenvalue weighted by Gasteiger charge is 2.27. The highest BCUT2D eigenvalue weighted by Crippen LogP contribution is 2.45. The first-order valence-corrected chi connectivity index (χ1v) is 12.3. The van der Waals surface area contributed by atoms with Gasteiger partial charge in [0, 0.05) is 21.4 Å². The quantitative estimate of drug-likeness (QED) is 0.264. The number of rotatable bonds is 0. The van der Waals surface area contributed by atoms with Crippen molar-refractivity contribution in [1.82, 2.24) is 0 Å². The molecule has 0 nitrogen and oxygen atoms in total. The zero-order valence-corrected chi connectivity index (χ0v) is 19.8. The third-order valence-electron chi connectivity index (χ3n) is 6.54. The predicted molar refractivity (Wildman–Crippen MR) is 133 cm³/mol. The Kier molecular flexibility index (Phi) is 4.70. The van der Waals surface area contributed by atoms with E-state index in [1.54, 1.807) is 0 Å². The summed E-state index contributed by atoms with van der Waals surface area (Å²) in [5, 5.41) is 5.66. The normalized spacial score (nSPS) is 16.4. The molecule has 0 atom stereocenters. The molecule has 1 aliphatic rings. The number of hydrogen-bond donors (Lipinski definition) is 0. The summed E-state index contributed by atoms with van der Waals surface area (Å²) in [5.41, 5.74) is 5.37. The van der Waals surface area contributed by atoms with Gasteiger partial charge in [0.05, 0.1) is 0 Å². The molecule has 2 heteroatoms. The van der Waals surface area contributed by atoms with Crippen LogP contribution in [0.4, 0.5) is 0 Å². The lowest BCUT2D eigenvalue weighted by molar-refractivity contribution is 0.654. The lowest BCUT2D eigenvalue weighted by Gasteiger charge is -2.29. The average molecular weight is 424 g/mol. The summed E-state index contributed by atoms with van der Waals surface area (Å²) in [6.07, 6.45) is 0. The summed E-state index contributed by atoms with van der Waals surface area (Å²) in [5.74, 6) is 0. The van der Waals surface area contributed by atoms with Gasteiger partial charge in [0.1, 0.15) is 0 Å². The molecule has 0 aliphatic carbocycles. The molecule has 0 N–H and O–H groups in total. The zero-order valence-electron chi connectivity index (χ0n) is 18.0. The monoisotopic (exact) mass is 424 g/mol. The van der Waals surface area contributed by atoms with Crippen molar-refractivity contribution in [3.8, 4) is 21.7 Å². The summed E-state index contributed by atoms with van der Waals surface area (Å²) in [7, 11) is 2.60. The summed E-state index contributed by atoms with van der Waals surface area (Å²) in [6, 6.07) is 32.0. The first-order valence-electron chi connectivity index (χ1n) is 10.5. The Hall–Kier alpha value is -2.26. The summed E-state index contributed by atoms with van der Waals surface area (Å²) < 4.78 is 0. The maximum atomic E-state index is 2.40. The van der Waals surface area contributed by atoms with Crippen LogP contribution in [0.1, 0.15) is 49.4 Å². The van der Waals surface area contributed by atoms with E-state index in [1.165, 1.54) is 59.8 Å². The van der Waals surface area contributed by atoms with Gasteiger partial charge in [-0.25, -0.2) is 0 Å². The summed E-state index contributed by atoms with van der Waals surface area (Å²) in [6.45, 7) is 9.43. The van der Waals surface area contributed by atoms with Gasteiger partial charge in [-0.3, -0.25) is 0 Å². The second kappa shape index (κ2) is 7.16. The topological polar surface area (TPSA) is 0 Å². The Morgan fingerprint density at radius 2 is 0.900 bits per heavy atom. The molecule has 0 saturated carbocycles. The molecule has 5 rings (SSSR count). The minimum atomic E-state index is -0.0247. The maximum Gasteiger partial charge on any atom is 0.0190 e. The predicted octanol–water partition coefficient (Wildman–Crippen LogP) is 9.15. The molecule has 8 bridgehead atoms. The standard InChI is InChI=1S/C28H26P2/c1-27(2)21-11-5-9-19(17-21)24-14-8-16-26(30-24)28(3,4)22-12-6-10-20(18-22)23-13-7-15-25(27)29-23/h5-18H,1-4H3. The van der Waals surface area contributed by atoms with Crippen LogP contribution < -0.4 is 0 Å². The second-order valence-electron chi connectivity index (χ2n) is 9.23. The SMILES string of the molecule is CC1(C)c2cccc(c2)-c2cccc(p2)C(C)(C)c2cccc(c2)-c2cccc1p2. The molecule has 2 aromatic carbocycles. The van der Waals surface area contributed by atoms with E-state index in [1.807, 2.05) is 0 Å². The van der Waals surface area contributed by atoms with Gasteiger partial charge in [-0.05, 0) is 57.1 Å². The van der Waals surface area contributed by atoms with Gasteiger partial charge in [0.15, 0.2) is 0 Å². The molecule has 148 valence electrons. The van der Waals surface area contributed by atoms with Crippen LogP contribution in [0.25, 0.3) is 21.7 Å². The molecule has 0 fully saturated rings. The highest BCUT2D eigenvalue weighted by molar-refractivity contribution is 7.35. The minimum absolute atomic E-state index is 0.0247. The van der Waals surface area contributed by atoms with Gasteiger partial charge in [0.25, 0.3) is 0 Å². The molecule has 0 amide bonds. The van der Waals surface area contributed by atoms with E-state index in [0.29, 0.717) is 0 Å². The van der Waals surface area contributed by atoms with E-state index < -0.39 is 0 Å². The van der Waals surface area contributed by atoms with Gasteiger partial charge >= 0.3 is 0 Å². The molecule has 3 heterocycles. The van der Waals surface area contributed by atoms with Crippen molar-refractivity contribution in [3.63, 3.8) is 0 Å². The van der Waals surface area contributed by atoms with Crippen molar-refractivity contribution in [2.24, 2.45) is 0 Å². The summed E-state index contributed by atoms with van der Waals surface area (Å²) in [4.78, 5) is 0. The lowest BCUT2D eigenvalue weighted by atomic mass is 9.82. The van der Waals surface area contributed by atoms with E-state index in [9.17, 15) is 0 Å². The zero-order chi connectivity index (χ0) is 20.9. The largest absolute Gasteiger partial charge is 0.0633 e. The van der Waals surface area contributed by atoms with Crippen LogP contribution in [0.5, 0.6) is 0 Å². The van der Waals surface area contributed by atoms with Crippen molar-refractivity contribution >= 4 is 16.4 Å². The van der Waals surface area contributed by atoms with E-state index in [-0.39, 0.29) is 10.8 Å². The van der Waals surface area contributed by atoms with Gasteiger partial charge in [-0.15, -0.1) is 0 Å². The molecule has 1 aliphatic heterocycles. The van der Waals surface area contributed by atoms with Crippen molar-refractivity contribution in [2.45, 2.75) is 38.5 Å². The van der Waals surface area contributed by atoms with E-state index >= 15 is 0 Å². The third-order valence-corrected chi connectivity index (χ3v) is 9.73. The minimum Gasteiger partial charge on any atom is -0.0633 e. The third kappa shape index (κ3) is 3.24. The average Bonchev–Trinajstić information content (AvgIpc) is 2.79. The van der Waals surface area contributed by atoms with Gasteiger partial charge in [-0.2, -0.15) is 0 Å². The fourth-order valence-corrected chi connectivity index (χ4v) is 6.83. The maximum absolute atomic E-state index is 2.40. The molecule has 0 spiro atoms. The van der Waals surface area contributed by atoms with Gasteiger partial charge in [-0.1, -0.05) is 105 Å². The van der Waals surface area contributed by atoms with Crippen molar-refractivity contribution in [3.05, 3.63) is 107 Å². The Morgan fingerprint density at radius 3 is 1.33 bits per heavy atom. The van der Waals surface area contributed by atoms with Crippen LogP contribution in [0.2, 0.25) is 0 Å². The Balaban J connectivity index is 1.85. The number of hydrogen-bond acceptors (Lipinski definition) is 0. The first-order chi connectivity index (χ1) is 14.4. The van der Waals surface area contributed by atoms with E-state index in [0.717, 1.165) is 0 Å². The molecule has 0 saturated heterocycles. The molecule has 2 aromatic heterocycles. The smallest absolute Gasteiger partial charge is 0.0190 e. The number of benzene rings is 2. The van der Waals surface area contributed by atoms with Gasteiger partial charge in [0.2, 0.25) is 0 Å². The van der Waals surface area contributed by atoms with Crippen molar-refractivity contribution in [2.75, 3.05) is 0 Å². The van der Waals surface area contributed by atoms with Crippen LogP contribution in [0.3, 0.4) is 0 Å². The molecule has 0 radical (unpaired) electrons. The van der Waals surface area contributed by atoms with Crippen LogP contribution in [-0.2, 0) is 10.8 Å². The van der Waals surface area contributed by atoms with Crippen LogP contribution in [0.15, 0.2) is 84.9 Å². The van der Waals surface area contributed by atoms with Crippen LogP contribution in [-0.4, -0.2) is 0 Å². The summed E-state index contributed by atoms with van der Waals surface area (Å²) >= 11 is 0. The molecular weight excluding hydrogens is 398 g/mol. The fraction of sp³-hybridized carbons (Fsp3) is 0.214. The fourth-order valence-electron chi connectivity index (χ4n) is 4.32. The number of fused-ring (bicyclic) bond motifs is 10. The van der Waals surface area contributed by atoms with E-state index in [4.69, 9.17) is 0 Å². The lowest BCUT2D eigenvalue weighted by Crippen LogP contribution is -2.18. The first kappa shape index (κ1) is 19.7. The molecule has 4 aromatic rings. The second-order valence-corrected chi connectivity index (χ2v) is 11.6. The van der Waals surface area contributed by atoms with Crippen molar-refractivity contribution in [1.29, 1.82) is 0 Å². The van der Waals surface area contributed by atoms with E-state index in [2.05, 4.69) is 113 Å².